The highest BCUT2D eigenvalue weighted by molar-refractivity contribution is 6.30. The zero-order chi connectivity index (χ0) is 11.6. The molecule has 2 nitrogen and oxygen atoms in total. The Kier molecular flexibility index (Phi) is 3.35. The minimum atomic E-state index is -1.06. The van der Waals surface area contributed by atoms with Crippen LogP contribution in [0, 0.1) is 5.82 Å². The SMILES string of the molecule is CCC(C)(C(=O)O)c1ccc(Cl)c(F)c1. The van der Waals surface area contributed by atoms with Crippen LogP contribution >= 0.6 is 11.6 Å². The van der Waals surface area contributed by atoms with E-state index >= 15 is 0 Å². The molecular formula is C11H12ClFO2. The lowest BCUT2D eigenvalue weighted by Crippen LogP contribution is -2.31. The molecule has 0 aromatic heterocycles. The molecule has 1 aromatic carbocycles. The van der Waals surface area contributed by atoms with Gasteiger partial charge in [0.2, 0.25) is 0 Å². The van der Waals surface area contributed by atoms with Crippen molar-refractivity contribution in [2.24, 2.45) is 0 Å². The number of hydrogen-bond donors (Lipinski definition) is 1. The van der Waals surface area contributed by atoms with E-state index in [9.17, 15) is 9.18 Å². The van der Waals surface area contributed by atoms with Crippen molar-refractivity contribution in [2.75, 3.05) is 0 Å². The minimum absolute atomic E-state index is 0.00240. The summed E-state index contributed by atoms with van der Waals surface area (Å²) in [6.45, 7) is 3.32. The third kappa shape index (κ3) is 2.12. The van der Waals surface area contributed by atoms with Gasteiger partial charge < -0.3 is 5.11 Å². The first-order chi connectivity index (χ1) is 6.91. The van der Waals surface area contributed by atoms with Crippen LogP contribution in [0.1, 0.15) is 25.8 Å². The second kappa shape index (κ2) is 4.19. The molecule has 0 amide bonds. The molecule has 1 aromatic rings. The van der Waals surface area contributed by atoms with Crippen molar-refractivity contribution >= 4 is 17.6 Å². The fourth-order valence-corrected chi connectivity index (χ4v) is 1.44. The maximum atomic E-state index is 13.2. The minimum Gasteiger partial charge on any atom is -0.481 e. The predicted octanol–water partition coefficient (Wildman–Crippen LogP) is 3.23. The Morgan fingerprint density at radius 1 is 1.60 bits per heavy atom. The van der Waals surface area contributed by atoms with Crippen molar-refractivity contribution in [3.8, 4) is 0 Å². The van der Waals surface area contributed by atoms with E-state index in [0.717, 1.165) is 0 Å². The lowest BCUT2D eigenvalue weighted by Gasteiger charge is -2.23. The van der Waals surface area contributed by atoms with E-state index in [-0.39, 0.29) is 5.02 Å². The summed E-state index contributed by atoms with van der Waals surface area (Å²) in [4.78, 5) is 11.1. The van der Waals surface area contributed by atoms with Crippen molar-refractivity contribution < 1.29 is 14.3 Å². The highest BCUT2D eigenvalue weighted by atomic mass is 35.5. The Labute approximate surface area is 92.7 Å². The quantitative estimate of drug-likeness (QED) is 0.866. The Hall–Kier alpha value is -1.09. The molecule has 0 fully saturated rings. The van der Waals surface area contributed by atoms with E-state index in [0.29, 0.717) is 12.0 Å². The molecule has 0 radical (unpaired) electrons. The van der Waals surface area contributed by atoms with Gasteiger partial charge in [-0.2, -0.15) is 0 Å². The van der Waals surface area contributed by atoms with Crippen LogP contribution < -0.4 is 0 Å². The summed E-state index contributed by atoms with van der Waals surface area (Å²) in [6, 6.07) is 4.10. The second-order valence-electron chi connectivity index (χ2n) is 3.62. The Balaban J connectivity index is 3.25. The van der Waals surface area contributed by atoms with Crippen molar-refractivity contribution in [2.45, 2.75) is 25.7 Å². The van der Waals surface area contributed by atoms with E-state index < -0.39 is 17.2 Å². The van der Waals surface area contributed by atoms with E-state index in [1.54, 1.807) is 19.9 Å². The molecule has 0 aliphatic rings. The molecule has 0 aliphatic heterocycles. The third-order valence-electron chi connectivity index (χ3n) is 2.74. The number of halogens is 2. The summed E-state index contributed by atoms with van der Waals surface area (Å²) >= 11 is 5.53. The van der Waals surface area contributed by atoms with Gasteiger partial charge >= 0.3 is 5.97 Å². The van der Waals surface area contributed by atoms with Gasteiger partial charge in [0, 0.05) is 0 Å². The molecule has 15 heavy (non-hydrogen) atoms. The fourth-order valence-electron chi connectivity index (χ4n) is 1.32. The zero-order valence-electron chi connectivity index (χ0n) is 8.55. The Morgan fingerprint density at radius 2 is 2.20 bits per heavy atom. The zero-order valence-corrected chi connectivity index (χ0v) is 9.31. The van der Waals surface area contributed by atoms with E-state index in [1.165, 1.54) is 12.1 Å². The molecule has 0 aliphatic carbocycles. The first kappa shape index (κ1) is 12.0. The van der Waals surface area contributed by atoms with E-state index in [4.69, 9.17) is 16.7 Å². The molecule has 0 heterocycles. The van der Waals surface area contributed by atoms with Crippen LogP contribution in [0.2, 0.25) is 5.02 Å². The van der Waals surface area contributed by atoms with Gasteiger partial charge in [0.1, 0.15) is 5.82 Å². The predicted molar refractivity (Wildman–Crippen MR) is 56.7 cm³/mol. The van der Waals surface area contributed by atoms with Crippen molar-refractivity contribution in [3.05, 3.63) is 34.6 Å². The Bertz CT molecular complexity index is 392. The van der Waals surface area contributed by atoms with Gasteiger partial charge in [-0.25, -0.2) is 4.39 Å². The van der Waals surface area contributed by atoms with Crippen molar-refractivity contribution in [3.63, 3.8) is 0 Å². The molecule has 4 heteroatoms. The average Bonchev–Trinajstić information content (AvgIpc) is 2.20. The lowest BCUT2D eigenvalue weighted by atomic mass is 9.80. The van der Waals surface area contributed by atoms with Crippen molar-refractivity contribution in [1.29, 1.82) is 0 Å². The molecule has 1 atom stereocenters. The smallest absolute Gasteiger partial charge is 0.313 e. The normalized spacial score (nSPS) is 14.7. The molecule has 1 rings (SSSR count). The van der Waals surface area contributed by atoms with Gasteiger partial charge in [0.25, 0.3) is 0 Å². The van der Waals surface area contributed by atoms with Gasteiger partial charge in [-0.05, 0) is 31.0 Å². The monoisotopic (exact) mass is 230 g/mol. The topological polar surface area (TPSA) is 37.3 Å². The first-order valence-corrected chi connectivity index (χ1v) is 4.98. The fraction of sp³-hybridized carbons (Fsp3) is 0.364. The summed E-state index contributed by atoms with van der Waals surface area (Å²) in [6.07, 6.45) is 0.392. The van der Waals surface area contributed by atoms with Gasteiger partial charge in [0.15, 0.2) is 0 Å². The molecule has 1 N–H and O–H groups in total. The molecule has 0 bridgehead atoms. The van der Waals surface area contributed by atoms with Gasteiger partial charge in [-0.1, -0.05) is 24.6 Å². The first-order valence-electron chi connectivity index (χ1n) is 4.60. The van der Waals surface area contributed by atoms with Gasteiger partial charge in [0.05, 0.1) is 10.4 Å². The van der Waals surface area contributed by atoms with Crippen LogP contribution in [0.4, 0.5) is 4.39 Å². The standard InChI is InChI=1S/C11H12ClFO2/c1-3-11(2,10(14)15)7-4-5-8(12)9(13)6-7/h4-6H,3H2,1-2H3,(H,14,15). The van der Waals surface area contributed by atoms with E-state index in [1.807, 2.05) is 0 Å². The number of aliphatic carboxylic acids is 1. The number of carboxylic acids is 1. The number of hydrogen-bond acceptors (Lipinski definition) is 1. The number of carbonyl (C=O) groups is 1. The molecule has 82 valence electrons. The van der Waals surface area contributed by atoms with Crippen LogP contribution in [-0.4, -0.2) is 11.1 Å². The molecular weight excluding hydrogens is 219 g/mol. The molecule has 1 unspecified atom stereocenters. The maximum Gasteiger partial charge on any atom is 0.313 e. The van der Waals surface area contributed by atoms with E-state index in [2.05, 4.69) is 0 Å². The van der Waals surface area contributed by atoms with Crippen LogP contribution in [0.5, 0.6) is 0 Å². The summed E-state index contributed by atoms with van der Waals surface area (Å²) in [5, 5.41) is 9.09. The van der Waals surface area contributed by atoms with Crippen LogP contribution in [-0.2, 0) is 10.2 Å². The summed E-state index contributed by atoms with van der Waals surface area (Å²) in [5.41, 5.74) is -0.634. The lowest BCUT2D eigenvalue weighted by molar-refractivity contribution is -0.143. The van der Waals surface area contributed by atoms with Crippen LogP contribution in [0.25, 0.3) is 0 Å². The van der Waals surface area contributed by atoms with Gasteiger partial charge in [-0.3, -0.25) is 4.79 Å². The number of benzene rings is 1. The van der Waals surface area contributed by atoms with Crippen LogP contribution in [0.3, 0.4) is 0 Å². The summed E-state index contributed by atoms with van der Waals surface area (Å²) in [5.74, 6) is -1.55. The molecule has 0 saturated carbocycles. The molecule has 0 saturated heterocycles. The summed E-state index contributed by atoms with van der Waals surface area (Å²) < 4.78 is 13.2. The Morgan fingerprint density at radius 3 is 2.60 bits per heavy atom. The average molecular weight is 231 g/mol. The maximum absolute atomic E-state index is 13.2. The third-order valence-corrected chi connectivity index (χ3v) is 3.04. The largest absolute Gasteiger partial charge is 0.481 e. The van der Waals surface area contributed by atoms with Crippen molar-refractivity contribution in [1.82, 2.24) is 0 Å². The summed E-state index contributed by atoms with van der Waals surface area (Å²) in [7, 11) is 0. The highest BCUT2D eigenvalue weighted by Gasteiger charge is 2.33. The number of rotatable bonds is 3. The molecule has 0 spiro atoms. The van der Waals surface area contributed by atoms with Gasteiger partial charge in [-0.15, -0.1) is 0 Å². The highest BCUT2D eigenvalue weighted by Crippen LogP contribution is 2.30. The number of carboxylic acid groups (broad SMARTS) is 1. The van der Waals surface area contributed by atoms with Crippen LogP contribution in [0.15, 0.2) is 18.2 Å². The second-order valence-corrected chi connectivity index (χ2v) is 4.03.